The number of piperidine rings is 1. The zero-order chi connectivity index (χ0) is 21.2. The Balaban J connectivity index is 1.32. The summed E-state index contributed by atoms with van der Waals surface area (Å²) in [5, 5.41) is 5.49. The number of nitrogens with one attached hydrogen (secondary N) is 2. The minimum atomic E-state index is -0.224. The minimum Gasteiger partial charge on any atom is -0.484 e. The summed E-state index contributed by atoms with van der Waals surface area (Å²) in [6, 6.07) is 18.8. The lowest BCUT2D eigenvalue weighted by Gasteiger charge is -2.31. The van der Waals surface area contributed by atoms with Gasteiger partial charge < -0.3 is 20.3 Å². The molecule has 158 valence electrons. The summed E-state index contributed by atoms with van der Waals surface area (Å²) >= 11 is 0. The van der Waals surface area contributed by atoms with Gasteiger partial charge in [-0.1, -0.05) is 48.5 Å². The van der Waals surface area contributed by atoms with Crippen molar-refractivity contribution in [3.8, 4) is 5.75 Å². The van der Waals surface area contributed by atoms with E-state index in [9.17, 15) is 14.4 Å². The van der Waals surface area contributed by atoms with Crippen LogP contribution in [0, 0.1) is 5.92 Å². The average Bonchev–Trinajstić information content (AvgIpc) is 2.81. The van der Waals surface area contributed by atoms with Gasteiger partial charge in [-0.2, -0.15) is 0 Å². The third-order valence-electron chi connectivity index (χ3n) is 5.08. The maximum absolute atomic E-state index is 12.3. The second-order valence-corrected chi connectivity index (χ2v) is 7.24. The maximum atomic E-state index is 12.3. The topological polar surface area (TPSA) is 87.7 Å². The molecule has 1 aliphatic heterocycles. The number of benzene rings is 2. The summed E-state index contributed by atoms with van der Waals surface area (Å²) in [7, 11) is 0. The van der Waals surface area contributed by atoms with Crippen molar-refractivity contribution in [2.75, 3.05) is 26.2 Å². The molecule has 0 spiro atoms. The van der Waals surface area contributed by atoms with Crippen LogP contribution in [0.5, 0.6) is 5.75 Å². The highest BCUT2D eigenvalue weighted by Crippen LogP contribution is 2.18. The minimum absolute atomic E-state index is 0.0114. The van der Waals surface area contributed by atoms with E-state index >= 15 is 0 Å². The standard InChI is InChI=1S/C23H27N3O4/c27-21(24-15-18-7-3-1-4-8-18)16-25-23(29)19-11-13-26(14-12-19)22(28)17-30-20-9-5-2-6-10-20/h1-10,19H,11-17H2,(H,24,27)(H,25,29). The van der Waals surface area contributed by atoms with E-state index in [1.54, 1.807) is 17.0 Å². The molecule has 30 heavy (non-hydrogen) atoms. The molecule has 0 unspecified atom stereocenters. The summed E-state index contributed by atoms with van der Waals surface area (Å²) in [4.78, 5) is 38.3. The second kappa shape index (κ2) is 11.0. The van der Waals surface area contributed by atoms with Crippen LogP contribution < -0.4 is 15.4 Å². The Labute approximate surface area is 176 Å². The van der Waals surface area contributed by atoms with E-state index in [4.69, 9.17) is 4.74 Å². The number of ether oxygens (including phenoxy) is 1. The van der Waals surface area contributed by atoms with Crippen molar-refractivity contribution in [1.82, 2.24) is 15.5 Å². The first-order valence-corrected chi connectivity index (χ1v) is 10.2. The number of nitrogens with zero attached hydrogens (tertiary/aromatic N) is 1. The summed E-state index contributed by atoms with van der Waals surface area (Å²) in [5.74, 6) is 0.0186. The van der Waals surface area contributed by atoms with E-state index in [0.29, 0.717) is 38.2 Å². The van der Waals surface area contributed by atoms with E-state index < -0.39 is 0 Å². The molecule has 1 saturated heterocycles. The van der Waals surface area contributed by atoms with Gasteiger partial charge in [0, 0.05) is 25.6 Å². The Morgan fingerprint density at radius 2 is 1.53 bits per heavy atom. The van der Waals surface area contributed by atoms with Gasteiger partial charge in [0.15, 0.2) is 6.61 Å². The van der Waals surface area contributed by atoms with Crippen molar-refractivity contribution >= 4 is 17.7 Å². The van der Waals surface area contributed by atoms with Crippen molar-refractivity contribution < 1.29 is 19.1 Å². The fourth-order valence-electron chi connectivity index (χ4n) is 3.31. The van der Waals surface area contributed by atoms with Crippen LogP contribution in [-0.2, 0) is 20.9 Å². The van der Waals surface area contributed by atoms with Crippen LogP contribution in [0.1, 0.15) is 18.4 Å². The first-order valence-electron chi connectivity index (χ1n) is 10.2. The zero-order valence-electron chi connectivity index (χ0n) is 16.9. The molecule has 2 N–H and O–H groups in total. The van der Waals surface area contributed by atoms with Gasteiger partial charge in [0.25, 0.3) is 5.91 Å². The lowest BCUT2D eigenvalue weighted by atomic mass is 9.96. The highest BCUT2D eigenvalue weighted by molar-refractivity contribution is 5.86. The van der Waals surface area contributed by atoms with Crippen LogP contribution in [-0.4, -0.2) is 48.9 Å². The van der Waals surface area contributed by atoms with E-state index in [2.05, 4.69) is 10.6 Å². The Hall–Kier alpha value is -3.35. The number of amides is 3. The van der Waals surface area contributed by atoms with Crippen molar-refractivity contribution in [2.45, 2.75) is 19.4 Å². The van der Waals surface area contributed by atoms with Crippen LogP contribution >= 0.6 is 0 Å². The molecule has 1 aliphatic rings. The summed E-state index contributed by atoms with van der Waals surface area (Å²) in [6.45, 7) is 1.39. The SMILES string of the molecule is O=C(CNC(=O)C1CCN(C(=O)COc2ccccc2)CC1)NCc1ccccc1. The molecule has 0 atom stereocenters. The number of likely N-dealkylation sites (tertiary alicyclic amines) is 1. The molecule has 7 heteroatoms. The van der Waals surface area contributed by atoms with Crippen LogP contribution in [0.2, 0.25) is 0 Å². The molecule has 3 rings (SSSR count). The van der Waals surface area contributed by atoms with Gasteiger partial charge in [-0.05, 0) is 30.5 Å². The van der Waals surface area contributed by atoms with E-state index in [1.165, 1.54) is 0 Å². The van der Waals surface area contributed by atoms with Gasteiger partial charge in [-0.25, -0.2) is 0 Å². The van der Waals surface area contributed by atoms with Crippen molar-refractivity contribution in [2.24, 2.45) is 5.92 Å². The highest BCUT2D eigenvalue weighted by atomic mass is 16.5. The summed E-state index contributed by atoms with van der Waals surface area (Å²) in [5.41, 5.74) is 1.01. The number of hydrogen-bond acceptors (Lipinski definition) is 4. The van der Waals surface area contributed by atoms with Crippen LogP contribution in [0.15, 0.2) is 60.7 Å². The third-order valence-corrected chi connectivity index (χ3v) is 5.08. The van der Waals surface area contributed by atoms with Gasteiger partial charge in [0.05, 0.1) is 6.54 Å². The highest BCUT2D eigenvalue weighted by Gasteiger charge is 2.27. The largest absolute Gasteiger partial charge is 0.484 e. The zero-order valence-corrected chi connectivity index (χ0v) is 16.9. The number of carbonyl (C=O) groups is 3. The van der Waals surface area contributed by atoms with Crippen LogP contribution in [0.25, 0.3) is 0 Å². The number of hydrogen-bond donors (Lipinski definition) is 2. The van der Waals surface area contributed by atoms with Gasteiger partial charge in [-0.15, -0.1) is 0 Å². The van der Waals surface area contributed by atoms with E-state index in [1.807, 2.05) is 48.5 Å². The molecule has 3 amide bonds. The lowest BCUT2D eigenvalue weighted by Crippen LogP contribution is -2.46. The monoisotopic (exact) mass is 409 g/mol. The summed E-state index contributed by atoms with van der Waals surface area (Å²) < 4.78 is 5.50. The Bertz CT molecular complexity index is 834. The first-order chi connectivity index (χ1) is 14.6. The molecule has 1 heterocycles. The lowest BCUT2D eigenvalue weighted by molar-refractivity contribution is -0.137. The number of rotatable bonds is 8. The first kappa shape index (κ1) is 21.4. The molecule has 0 radical (unpaired) electrons. The molecule has 0 aromatic heterocycles. The Morgan fingerprint density at radius 3 is 2.20 bits per heavy atom. The summed E-state index contributed by atoms with van der Waals surface area (Å²) in [6.07, 6.45) is 1.16. The third kappa shape index (κ3) is 6.62. The predicted octanol–water partition coefficient (Wildman–Crippen LogP) is 1.74. The molecule has 7 nitrogen and oxygen atoms in total. The van der Waals surface area contributed by atoms with E-state index in [-0.39, 0.29) is 36.8 Å². The van der Waals surface area contributed by atoms with Crippen LogP contribution in [0.4, 0.5) is 0 Å². The maximum Gasteiger partial charge on any atom is 0.260 e. The van der Waals surface area contributed by atoms with Gasteiger partial charge in [0.2, 0.25) is 11.8 Å². The molecular weight excluding hydrogens is 382 g/mol. The molecule has 1 fully saturated rings. The Morgan fingerprint density at radius 1 is 0.900 bits per heavy atom. The Kier molecular flexibility index (Phi) is 7.83. The number of para-hydroxylation sites is 1. The smallest absolute Gasteiger partial charge is 0.260 e. The molecule has 0 bridgehead atoms. The molecule has 0 aliphatic carbocycles. The quantitative estimate of drug-likeness (QED) is 0.695. The second-order valence-electron chi connectivity index (χ2n) is 7.24. The van der Waals surface area contributed by atoms with Crippen molar-refractivity contribution in [3.63, 3.8) is 0 Å². The molecule has 2 aromatic rings. The van der Waals surface area contributed by atoms with Gasteiger partial charge in [0.1, 0.15) is 5.75 Å². The molecular formula is C23H27N3O4. The van der Waals surface area contributed by atoms with Crippen LogP contribution in [0.3, 0.4) is 0 Å². The normalized spacial score (nSPS) is 14.1. The fourth-order valence-corrected chi connectivity index (χ4v) is 3.31. The average molecular weight is 409 g/mol. The van der Waals surface area contributed by atoms with Gasteiger partial charge >= 0.3 is 0 Å². The van der Waals surface area contributed by atoms with Gasteiger partial charge in [-0.3, -0.25) is 14.4 Å². The number of carbonyl (C=O) groups excluding carboxylic acids is 3. The van der Waals surface area contributed by atoms with Crippen molar-refractivity contribution in [3.05, 3.63) is 66.2 Å². The molecule has 0 saturated carbocycles. The predicted molar refractivity (Wildman–Crippen MR) is 113 cm³/mol. The van der Waals surface area contributed by atoms with Crippen molar-refractivity contribution in [1.29, 1.82) is 0 Å². The molecule has 2 aromatic carbocycles. The van der Waals surface area contributed by atoms with E-state index in [0.717, 1.165) is 5.56 Å². The fraction of sp³-hybridized carbons (Fsp3) is 0.348.